The highest BCUT2D eigenvalue weighted by molar-refractivity contribution is 6.21. The van der Waals surface area contributed by atoms with Crippen molar-refractivity contribution < 1.29 is 28.6 Å². The van der Waals surface area contributed by atoms with Crippen LogP contribution in [0.25, 0.3) is 27.2 Å². The molecule has 7 nitrogen and oxygen atoms in total. The Hall–Kier alpha value is -4.65. The number of nitrogens with zero attached hydrogens (tertiary/aromatic N) is 1. The molecule has 0 N–H and O–H groups in total. The zero-order chi connectivity index (χ0) is 24.7. The van der Waals surface area contributed by atoms with E-state index in [0.29, 0.717) is 22.3 Å². The van der Waals surface area contributed by atoms with Gasteiger partial charge in [0.2, 0.25) is 5.78 Å². The molecule has 0 saturated heterocycles. The molecule has 2 aromatic heterocycles. The van der Waals surface area contributed by atoms with Crippen LogP contribution < -0.4 is 4.74 Å². The third-order valence-corrected chi connectivity index (χ3v) is 6.15. The van der Waals surface area contributed by atoms with Gasteiger partial charge in [0.15, 0.2) is 0 Å². The molecular formula is C28H21NO6. The highest BCUT2D eigenvalue weighted by Gasteiger charge is 2.33. The van der Waals surface area contributed by atoms with Gasteiger partial charge in [-0.1, -0.05) is 36.4 Å². The van der Waals surface area contributed by atoms with Crippen molar-refractivity contribution in [3.05, 3.63) is 95.2 Å². The van der Waals surface area contributed by atoms with Crippen LogP contribution in [0.3, 0.4) is 0 Å². The zero-order valence-corrected chi connectivity index (χ0v) is 19.3. The van der Waals surface area contributed by atoms with Crippen molar-refractivity contribution >= 4 is 44.9 Å². The lowest BCUT2D eigenvalue weighted by Gasteiger charge is -2.11. The molecule has 5 rings (SSSR count). The van der Waals surface area contributed by atoms with Gasteiger partial charge in [0.25, 0.3) is 0 Å². The number of methoxy groups -OCH3 is 3. The number of ether oxygens (including phenoxy) is 3. The quantitative estimate of drug-likeness (QED) is 0.204. The molecule has 0 saturated carbocycles. The minimum atomic E-state index is -0.806. The Bertz CT molecular complexity index is 1650. The Balaban J connectivity index is 1.95. The molecule has 0 fully saturated rings. The fourth-order valence-corrected chi connectivity index (χ4v) is 4.52. The van der Waals surface area contributed by atoms with E-state index in [9.17, 15) is 14.4 Å². The molecule has 0 aliphatic rings. The van der Waals surface area contributed by atoms with Gasteiger partial charge in [-0.25, -0.2) is 9.59 Å². The fourth-order valence-electron chi connectivity index (χ4n) is 4.52. The first-order chi connectivity index (χ1) is 17.0. The van der Waals surface area contributed by atoms with Crippen molar-refractivity contribution in [1.82, 2.24) is 4.40 Å². The Morgan fingerprint density at radius 1 is 0.657 bits per heavy atom. The van der Waals surface area contributed by atoms with Crippen LogP contribution in [0.4, 0.5) is 0 Å². The molecular weight excluding hydrogens is 446 g/mol. The summed E-state index contributed by atoms with van der Waals surface area (Å²) < 4.78 is 16.9. The van der Waals surface area contributed by atoms with E-state index in [2.05, 4.69) is 0 Å². The van der Waals surface area contributed by atoms with Crippen LogP contribution in [0.2, 0.25) is 0 Å². The van der Waals surface area contributed by atoms with Crippen LogP contribution >= 0.6 is 0 Å². The molecule has 174 valence electrons. The largest absolute Gasteiger partial charge is 0.497 e. The van der Waals surface area contributed by atoms with Crippen LogP contribution in [-0.2, 0) is 9.47 Å². The summed E-state index contributed by atoms with van der Waals surface area (Å²) in [5.74, 6) is -1.41. The second-order valence-corrected chi connectivity index (χ2v) is 7.91. The molecule has 0 radical (unpaired) electrons. The predicted octanol–water partition coefficient (Wildman–Crippen LogP) is 5.06. The number of esters is 2. The molecule has 0 spiro atoms. The maximum atomic E-state index is 13.9. The van der Waals surface area contributed by atoms with Crippen molar-refractivity contribution in [3.8, 4) is 5.75 Å². The molecule has 0 aliphatic heterocycles. The third-order valence-electron chi connectivity index (χ3n) is 6.15. The molecule has 35 heavy (non-hydrogen) atoms. The highest BCUT2D eigenvalue weighted by atomic mass is 16.5. The smallest absolute Gasteiger partial charge is 0.341 e. The standard InChI is InChI=1S/C28H21NO6/c1-33-18-11-8-17(9-12-18)26(30)25-24(28(32)35-3)23(27(31)34-2)22-15-13-20-19-7-5-4-6-16(19)10-14-21(20)29(22)25/h4-15H,1-3H3. The first-order valence-corrected chi connectivity index (χ1v) is 10.8. The third kappa shape index (κ3) is 3.40. The number of benzene rings is 3. The maximum Gasteiger partial charge on any atom is 0.341 e. The van der Waals surface area contributed by atoms with Gasteiger partial charge >= 0.3 is 11.9 Å². The minimum Gasteiger partial charge on any atom is -0.497 e. The Kier molecular flexibility index (Phi) is 5.45. The van der Waals surface area contributed by atoms with Gasteiger partial charge in [0.1, 0.15) is 22.6 Å². The van der Waals surface area contributed by atoms with E-state index >= 15 is 0 Å². The van der Waals surface area contributed by atoms with Crippen molar-refractivity contribution in [2.45, 2.75) is 0 Å². The molecule has 0 unspecified atom stereocenters. The monoisotopic (exact) mass is 467 g/mol. The molecule has 3 aromatic carbocycles. The summed E-state index contributed by atoms with van der Waals surface area (Å²) in [5.41, 5.74) is 1.23. The number of hydrogen-bond acceptors (Lipinski definition) is 6. The van der Waals surface area contributed by atoms with Gasteiger partial charge in [0, 0.05) is 10.9 Å². The molecule has 0 atom stereocenters. The predicted molar refractivity (Wildman–Crippen MR) is 132 cm³/mol. The normalized spacial score (nSPS) is 11.1. The summed E-state index contributed by atoms with van der Waals surface area (Å²) >= 11 is 0. The number of carbonyl (C=O) groups is 3. The van der Waals surface area contributed by atoms with Gasteiger partial charge in [-0.15, -0.1) is 0 Å². The van der Waals surface area contributed by atoms with E-state index in [1.54, 1.807) is 34.7 Å². The molecule has 0 amide bonds. The first-order valence-electron chi connectivity index (χ1n) is 10.8. The summed E-state index contributed by atoms with van der Waals surface area (Å²) in [6, 6.07) is 21.8. The lowest BCUT2D eigenvalue weighted by atomic mass is 10.0. The summed E-state index contributed by atoms with van der Waals surface area (Å²) in [7, 11) is 3.97. The SMILES string of the molecule is COC(=O)c1c(C(=O)OC)c2ccc3c4ccccc4ccc3n2c1C(=O)c1ccc(OC)cc1. The van der Waals surface area contributed by atoms with Crippen molar-refractivity contribution in [1.29, 1.82) is 0 Å². The molecule has 0 aliphatic carbocycles. The second-order valence-electron chi connectivity index (χ2n) is 7.91. The van der Waals surface area contributed by atoms with Crippen molar-refractivity contribution in [2.75, 3.05) is 21.3 Å². The molecule has 0 bridgehead atoms. The minimum absolute atomic E-state index is 0.0220. The van der Waals surface area contributed by atoms with Crippen LogP contribution in [0, 0.1) is 0 Å². The van der Waals surface area contributed by atoms with E-state index in [1.165, 1.54) is 21.3 Å². The molecule has 7 heteroatoms. The number of fused-ring (bicyclic) bond motifs is 5. The van der Waals surface area contributed by atoms with Gasteiger partial charge in [-0.2, -0.15) is 0 Å². The van der Waals surface area contributed by atoms with E-state index in [4.69, 9.17) is 14.2 Å². The summed E-state index contributed by atoms with van der Waals surface area (Å²) in [6.07, 6.45) is 0. The van der Waals surface area contributed by atoms with Crippen LogP contribution in [0.5, 0.6) is 5.75 Å². The zero-order valence-electron chi connectivity index (χ0n) is 19.3. The van der Waals surface area contributed by atoms with Crippen LogP contribution in [0.15, 0.2) is 72.8 Å². The van der Waals surface area contributed by atoms with Gasteiger partial charge in [-0.05, 0) is 47.2 Å². The van der Waals surface area contributed by atoms with Crippen LogP contribution in [-0.4, -0.2) is 43.5 Å². The van der Waals surface area contributed by atoms with Crippen molar-refractivity contribution in [2.24, 2.45) is 0 Å². The average Bonchev–Trinajstić information content (AvgIpc) is 3.27. The van der Waals surface area contributed by atoms with Gasteiger partial charge < -0.3 is 18.6 Å². The van der Waals surface area contributed by atoms with Gasteiger partial charge in [-0.3, -0.25) is 4.79 Å². The Morgan fingerprint density at radius 3 is 2.00 bits per heavy atom. The van der Waals surface area contributed by atoms with E-state index in [0.717, 1.165) is 16.2 Å². The number of rotatable bonds is 5. The topological polar surface area (TPSA) is 83.3 Å². The lowest BCUT2D eigenvalue weighted by molar-refractivity contribution is 0.0556. The number of aromatic nitrogens is 1. The van der Waals surface area contributed by atoms with Gasteiger partial charge in [0.05, 0.1) is 32.4 Å². The highest BCUT2D eigenvalue weighted by Crippen LogP contribution is 2.34. The number of pyridine rings is 1. The summed E-state index contributed by atoms with van der Waals surface area (Å²) in [5, 5.41) is 2.86. The summed E-state index contributed by atoms with van der Waals surface area (Å²) in [4.78, 5) is 39.8. The first kappa shape index (κ1) is 22.2. The van der Waals surface area contributed by atoms with Crippen LogP contribution in [0.1, 0.15) is 36.8 Å². The van der Waals surface area contributed by atoms with E-state index in [1.807, 2.05) is 42.5 Å². The number of ketones is 1. The van der Waals surface area contributed by atoms with E-state index < -0.39 is 17.7 Å². The average molecular weight is 467 g/mol. The maximum absolute atomic E-state index is 13.9. The molecule has 2 heterocycles. The number of hydrogen-bond donors (Lipinski definition) is 0. The lowest BCUT2D eigenvalue weighted by Crippen LogP contribution is -2.15. The molecule has 5 aromatic rings. The Morgan fingerprint density at radius 2 is 1.31 bits per heavy atom. The summed E-state index contributed by atoms with van der Waals surface area (Å²) in [6.45, 7) is 0. The second kappa shape index (κ2) is 8.61. The fraction of sp³-hybridized carbons (Fsp3) is 0.107. The van der Waals surface area contributed by atoms with E-state index in [-0.39, 0.29) is 16.8 Å². The van der Waals surface area contributed by atoms with Crippen molar-refractivity contribution in [3.63, 3.8) is 0 Å². The Labute approximate surface area is 200 Å². The number of carbonyl (C=O) groups excluding carboxylic acids is 3.